The van der Waals surface area contributed by atoms with Gasteiger partial charge in [-0.3, -0.25) is 4.99 Å². The van der Waals surface area contributed by atoms with Crippen molar-refractivity contribution in [3.8, 4) is 0 Å². The molecule has 2 aromatic carbocycles. The van der Waals surface area contributed by atoms with Crippen molar-refractivity contribution in [3.63, 3.8) is 0 Å². The zero-order chi connectivity index (χ0) is 23.1. The molecule has 2 aromatic rings. The van der Waals surface area contributed by atoms with Crippen molar-refractivity contribution in [1.29, 1.82) is 0 Å². The lowest BCUT2D eigenvalue weighted by atomic mass is 9.71. The monoisotopic (exact) mass is 435 g/mol. The van der Waals surface area contributed by atoms with E-state index in [0.717, 1.165) is 23.7 Å². The first-order chi connectivity index (χ1) is 14.6. The van der Waals surface area contributed by atoms with Gasteiger partial charge >= 0.3 is 0 Å². The minimum absolute atomic E-state index is 0.279. The van der Waals surface area contributed by atoms with E-state index in [1.54, 1.807) is 11.1 Å². The van der Waals surface area contributed by atoms with Gasteiger partial charge in [0.15, 0.2) is 0 Å². The van der Waals surface area contributed by atoms with E-state index in [4.69, 9.17) is 0 Å². The molecule has 0 aliphatic heterocycles. The quantitative estimate of drug-likeness (QED) is 0.134. The molecule has 166 valence electrons. The maximum atomic E-state index is 4.42. The first kappa shape index (κ1) is 24.9. The van der Waals surface area contributed by atoms with Crippen molar-refractivity contribution in [2.45, 2.75) is 52.9 Å². The Morgan fingerprint density at radius 3 is 2.00 bits per heavy atom. The van der Waals surface area contributed by atoms with Crippen LogP contribution in [0.15, 0.2) is 76.2 Å². The van der Waals surface area contributed by atoms with Crippen molar-refractivity contribution < 1.29 is 0 Å². The van der Waals surface area contributed by atoms with E-state index in [1.807, 2.05) is 18.7 Å². The fourth-order valence-electron chi connectivity index (χ4n) is 2.81. The SMILES string of the molecule is C=CCN=C(C)N(N=C)c1ccc(Cc2ccc(SCC(C)(C)C(C)(C)C)cc2)cc1. The standard InChI is InChI=1S/C27H37N3S/c1-9-18-29-21(2)30(28-8)24-14-10-22(11-15-24)19-23-12-16-25(17-13-23)31-20-27(6,7)26(3,4)5/h9-17H,1,8,18-20H2,2-7H3. The van der Waals surface area contributed by atoms with Gasteiger partial charge in [0.2, 0.25) is 0 Å². The molecular weight excluding hydrogens is 398 g/mol. The molecule has 0 aliphatic carbocycles. The van der Waals surface area contributed by atoms with Crippen LogP contribution in [0.1, 0.15) is 52.7 Å². The fraction of sp³-hybridized carbons (Fsp3) is 0.407. The summed E-state index contributed by atoms with van der Waals surface area (Å²) < 4.78 is 0. The van der Waals surface area contributed by atoms with E-state index in [-0.39, 0.29) is 5.41 Å². The van der Waals surface area contributed by atoms with Crippen LogP contribution in [0.3, 0.4) is 0 Å². The molecule has 0 N–H and O–H groups in total. The summed E-state index contributed by atoms with van der Waals surface area (Å²) in [5.41, 5.74) is 4.11. The van der Waals surface area contributed by atoms with E-state index in [0.29, 0.717) is 12.0 Å². The number of thioether (sulfide) groups is 1. The molecule has 0 radical (unpaired) electrons. The summed E-state index contributed by atoms with van der Waals surface area (Å²) in [6.45, 7) is 21.5. The van der Waals surface area contributed by atoms with Gasteiger partial charge in [0.05, 0.1) is 12.2 Å². The number of rotatable bonds is 9. The van der Waals surface area contributed by atoms with Crippen molar-refractivity contribution in [1.82, 2.24) is 0 Å². The Labute approximate surface area is 193 Å². The van der Waals surface area contributed by atoms with Gasteiger partial charge in [-0.2, -0.15) is 5.10 Å². The highest BCUT2D eigenvalue weighted by molar-refractivity contribution is 7.99. The number of benzene rings is 2. The van der Waals surface area contributed by atoms with E-state index < -0.39 is 0 Å². The van der Waals surface area contributed by atoms with Crippen molar-refractivity contribution >= 4 is 30.0 Å². The number of hydrazone groups is 1. The largest absolute Gasteiger partial charge is 0.267 e. The van der Waals surface area contributed by atoms with Crippen LogP contribution in [0.25, 0.3) is 0 Å². The summed E-state index contributed by atoms with van der Waals surface area (Å²) in [5.74, 6) is 1.91. The molecule has 0 saturated heterocycles. The summed E-state index contributed by atoms with van der Waals surface area (Å²) >= 11 is 1.95. The number of anilines is 1. The molecule has 0 aliphatic rings. The van der Waals surface area contributed by atoms with Crippen LogP contribution in [0, 0.1) is 10.8 Å². The predicted molar refractivity (Wildman–Crippen MR) is 140 cm³/mol. The Morgan fingerprint density at radius 1 is 0.968 bits per heavy atom. The Bertz CT molecular complexity index is 888. The van der Waals surface area contributed by atoms with E-state index in [1.165, 1.54) is 16.0 Å². The molecule has 0 unspecified atom stereocenters. The Balaban J connectivity index is 2.00. The van der Waals surface area contributed by atoms with E-state index >= 15 is 0 Å². The highest BCUT2D eigenvalue weighted by Gasteiger charge is 2.32. The molecule has 3 nitrogen and oxygen atoms in total. The molecule has 0 aromatic heterocycles. The minimum atomic E-state index is 0.279. The van der Waals surface area contributed by atoms with E-state index in [9.17, 15) is 0 Å². The zero-order valence-corrected chi connectivity index (χ0v) is 20.8. The van der Waals surface area contributed by atoms with Gasteiger partial charge in [-0.15, -0.1) is 18.3 Å². The number of aliphatic imine (C=N–C) groups is 1. The molecule has 0 atom stereocenters. The van der Waals surface area contributed by atoms with Gasteiger partial charge in [-0.25, -0.2) is 5.01 Å². The summed E-state index contributed by atoms with van der Waals surface area (Å²) in [6.07, 6.45) is 2.67. The van der Waals surface area contributed by atoms with Crippen LogP contribution >= 0.6 is 11.8 Å². The second-order valence-electron chi connectivity index (χ2n) is 9.54. The second kappa shape index (κ2) is 10.8. The first-order valence-corrected chi connectivity index (χ1v) is 11.8. The average molecular weight is 436 g/mol. The van der Waals surface area contributed by atoms with Crippen molar-refractivity contribution in [3.05, 3.63) is 72.3 Å². The highest BCUT2D eigenvalue weighted by atomic mass is 32.2. The minimum Gasteiger partial charge on any atom is -0.267 e. The van der Waals surface area contributed by atoms with Gasteiger partial charge in [0.25, 0.3) is 0 Å². The van der Waals surface area contributed by atoms with Gasteiger partial charge < -0.3 is 0 Å². The van der Waals surface area contributed by atoms with E-state index in [2.05, 4.69) is 107 Å². The van der Waals surface area contributed by atoms with Crippen molar-refractivity contribution in [2.75, 3.05) is 17.3 Å². The van der Waals surface area contributed by atoms with Gasteiger partial charge in [0.1, 0.15) is 5.84 Å². The third kappa shape index (κ3) is 7.10. The van der Waals surface area contributed by atoms with Crippen molar-refractivity contribution in [2.24, 2.45) is 20.9 Å². The summed E-state index contributed by atoms with van der Waals surface area (Å²) in [5, 5.41) is 5.85. The second-order valence-corrected chi connectivity index (χ2v) is 10.6. The lowest BCUT2D eigenvalue weighted by molar-refractivity contribution is 0.162. The Morgan fingerprint density at radius 2 is 1.52 bits per heavy atom. The highest BCUT2D eigenvalue weighted by Crippen LogP contribution is 2.41. The number of amidine groups is 1. The molecule has 4 heteroatoms. The maximum Gasteiger partial charge on any atom is 0.122 e. The topological polar surface area (TPSA) is 28.0 Å². The zero-order valence-electron chi connectivity index (χ0n) is 20.0. The fourth-order valence-corrected chi connectivity index (χ4v) is 4.10. The van der Waals surface area contributed by atoms with Crippen LogP contribution in [0.4, 0.5) is 5.69 Å². The molecule has 0 heterocycles. The number of nitrogens with zero attached hydrogens (tertiary/aromatic N) is 3. The molecular formula is C27H37N3S. The van der Waals surface area contributed by atoms with Gasteiger partial charge in [0, 0.05) is 17.4 Å². The summed E-state index contributed by atoms with van der Waals surface area (Å²) in [7, 11) is 0. The van der Waals surface area contributed by atoms with Crippen LogP contribution in [0.5, 0.6) is 0 Å². The molecule has 31 heavy (non-hydrogen) atoms. The Kier molecular flexibility index (Phi) is 8.69. The van der Waals surface area contributed by atoms with Crippen LogP contribution in [-0.4, -0.2) is 24.9 Å². The van der Waals surface area contributed by atoms with Crippen LogP contribution < -0.4 is 5.01 Å². The number of hydrogen-bond acceptors (Lipinski definition) is 3. The third-order valence-electron chi connectivity index (χ3n) is 6.04. The maximum absolute atomic E-state index is 4.42. The lowest BCUT2D eigenvalue weighted by Gasteiger charge is -2.38. The first-order valence-electron chi connectivity index (χ1n) is 10.8. The van der Waals surface area contributed by atoms with Crippen LogP contribution in [-0.2, 0) is 6.42 Å². The predicted octanol–water partition coefficient (Wildman–Crippen LogP) is 7.47. The number of hydrogen-bond donors (Lipinski definition) is 0. The summed E-state index contributed by atoms with van der Waals surface area (Å²) in [4.78, 5) is 5.75. The third-order valence-corrected chi connectivity index (χ3v) is 7.51. The molecule has 0 spiro atoms. The smallest absolute Gasteiger partial charge is 0.122 e. The summed E-state index contributed by atoms with van der Waals surface area (Å²) in [6, 6.07) is 17.4. The molecule has 2 rings (SSSR count). The molecule has 0 bridgehead atoms. The molecule has 0 saturated carbocycles. The average Bonchev–Trinajstić information content (AvgIpc) is 2.72. The molecule has 0 amide bonds. The van der Waals surface area contributed by atoms with Gasteiger partial charge in [-0.1, -0.05) is 65.0 Å². The lowest BCUT2D eigenvalue weighted by Crippen LogP contribution is -2.31. The van der Waals surface area contributed by atoms with Gasteiger partial charge in [-0.05, 0) is 59.6 Å². The normalized spacial score (nSPS) is 12.5. The Hall–Kier alpha value is -2.33. The van der Waals surface area contributed by atoms with Crippen LogP contribution in [0.2, 0.25) is 0 Å². The molecule has 0 fully saturated rings.